The third-order valence-electron chi connectivity index (χ3n) is 7.65. The van der Waals surface area contributed by atoms with E-state index in [9.17, 15) is 0 Å². The average Bonchev–Trinajstić information content (AvgIpc) is 3.54. The Kier molecular flexibility index (Phi) is 10.3. The zero-order valence-corrected chi connectivity index (χ0v) is 29.0. The summed E-state index contributed by atoms with van der Waals surface area (Å²) in [6, 6.07) is 37.3. The Morgan fingerprint density at radius 2 is 1.10 bits per heavy atom. The molecule has 0 spiro atoms. The molecule has 0 heterocycles. The molecule has 0 saturated carbocycles. The van der Waals surface area contributed by atoms with Gasteiger partial charge in [-0.25, -0.2) is 11.6 Å². The van der Waals surface area contributed by atoms with Crippen LogP contribution in [-0.4, -0.2) is 3.21 Å². The van der Waals surface area contributed by atoms with Crippen molar-refractivity contribution >= 4 is 24.8 Å². The third-order valence-corrected chi connectivity index (χ3v) is 9.07. The van der Waals surface area contributed by atoms with Gasteiger partial charge in [-0.15, -0.1) is 46.7 Å². The molecule has 1 atom stereocenters. The van der Waals surface area contributed by atoms with Crippen molar-refractivity contribution < 1.29 is 24.2 Å². The van der Waals surface area contributed by atoms with Crippen LogP contribution in [0.25, 0.3) is 21.5 Å². The van der Waals surface area contributed by atoms with E-state index in [1.807, 2.05) is 6.08 Å². The maximum absolute atomic E-state index is 3.15. The average molecular weight is 628 g/mol. The van der Waals surface area contributed by atoms with Crippen LogP contribution in [0.15, 0.2) is 121 Å². The molecular formula is C41H44Zr. The molecule has 0 aromatic heterocycles. The van der Waals surface area contributed by atoms with Gasteiger partial charge in [0.25, 0.3) is 0 Å². The molecule has 1 aliphatic rings. The molecule has 0 bridgehead atoms. The van der Waals surface area contributed by atoms with Gasteiger partial charge in [0.2, 0.25) is 0 Å². The van der Waals surface area contributed by atoms with E-state index in [1.165, 1.54) is 76.8 Å². The molecule has 0 fully saturated rings. The summed E-state index contributed by atoms with van der Waals surface area (Å²) >= 11 is 1.46. The summed E-state index contributed by atoms with van der Waals surface area (Å²) in [6.07, 6.45) is 7.38. The van der Waals surface area contributed by atoms with Gasteiger partial charge in [-0.3, -0.25) is 6.08 Å². The van der Waals surface area contributed by atoms with E-state index >= 15 is 0 Å². The quantitative estimate of drug-likeness (QED) is 0.171. The monoisotopic (exact) mass is 626 g/mol. The van der Waals surface area contributed by atoms with Crippen LogP contribution in [-0.2, 0) is 35.1 Å². The van der Waals surface area contributed by atoms with Crippen molar-refractivity contribution in [3.05, 3.63) is 149 Å². The predicted molar refractivity (Wildman–Crippen MR) is 181 cm³/mol. The normalized spacial score (nSPS) is 14.6. The molecule has 0 saturated heterocycles. The summed E-state index contributed by atoms with van der Waals surface area (Å²) in [5.41, 5.74) is 7.20. The summed E-state index contributed by atoms with van der Waals surface area (Å²) in [7, 11) is 0. The van der Waals surface area contributed by atoms with Crippen LogP contribution in [0.5, 0.6) is 0 Å². The first kappa shape index (κ1) is 31.9. The van der Waals surface area contributed by atoms with E-state index in [-0.39, 0.29) is 10.8 Å². The first-order valence-electron chi connectivity index (χ1n) is 14.9. The molecular weight excluding hydrogens is 584 g/mol. The molecule has 42 heavy (non-hydrogen) atoms. The second-order valence-corrected chi connectivity index (χ2v) is 14.6. The Bertz CT molecular complexity index is 1590. The minimum absolute atomic E-state index is 0.194. The molecule has 0 N–H and O–H groups in total. The van der Waals surface area contributed by atoms with E-state index in [2.05, 4.69) is 171 Å². The van der Waals surface area contributed by atoms with E-state index in [1.54, 1.807) is 0 Å². The van der Waals surface area contributed by atoms with Gasteiger partial charge in [-0.1, -0.05) is 89.8 Å². The number of hydrogen-bond acceptors (Lipinski definition) is 0. The van der Waals surface area contributed by atoms with Crippen molar-refractivity contribution in [1.82, 2.24) is 0 Å². The van der Waals surface area contributed by atoms with Crippen molar-refractivity contribution in [2.24, 2.45) is 5.92 Å². The fourth-order valence-electron chi connectivity index (χ4n) is 5.06. The van der Waals surface area contributed by atoms with Crippen molar-refractivity contribution in [2.75, 3.05) is 0 Å². The van der Waals surface area contributed by atoms with Gasteiger partial charge < -0.3 is 0 Å². The Morgan fingerprint density at radius 3 is 1.40 bits per heavy atom. The summed E-state index contributed by atoms with van der Waals surface area (Å²) in [4.78, 5) is 0. The van der Waals surface area contributed by atoms with Gasteiger partial charge in [-0.2, -0.15) is 6.08 Å². The Labute approximate surface area is 268 Å². The van der Waals surface area contributed by atoms with Crippen molar-refractivity contribution in [3.63, 3.8) is 0 Å². The van der Waals surface area contributed by atoms with E-state index in [4.69, 9.17) is 0 Å². The summed E-state index contributed by atoms with van der Waals surface area (Å²) in [5.74, 6) is 0.556. The van der Waals surface area contributed by atoms with Gasteiger partial charge in [0.15, 0.2) is 0 Å². The van der Waals surface area contributed by atoms with Crippen molar-refractivity contribution in [1.29, 1.82) is 0 Å². The van der Waals surface area contributed by atoms with E-state index < -0.39 is 0 Å². The molecule has 5 aromatic rings. The van der Waals surface area contributed by atoms with Crippen LogP contribution in [0.1, 0.15) is 77.6 Å². The molecule has 1 unspecified atom stereocenters. The van der Waals surface area contributed by atoms with Gasteiger partial charge in [0.1, 0.15) is 0 Å². The second-order valence-electron chi connectivity index (χ2n) is 13.4. The standard InChI is InChI=1S/C21H25.C13H10.C7H9.Zr/c1-20(2,3)16-9-7-14-11-15-8-10-17(21(4,5)6)13-19(15)18(14)12-16;1-3-7-12(8-4-1)11-13-9-5-2-6-10-13;1-6-3-4-7(2)5-6;/h7-13H,1-6H3;1-10H;3,5,7H,1-2H3;/q-1;;-1;+2. The number of allylic oxidation sites excluding steroid dienone is 4. The summed E-state index contributed by atoms with van der Waals surface area (Å²) in [5, 5.41) is 5.49. The molecule has 6 rings (SSSR count). The summed E-state index contributed by atoms with van der Waals surface area (Å²) in [6.45, 7) is 17.9. The molecule has 212 valence electrons. The number of rotatable bonds is 2. The molecule has 0 aliphatic heterocycles. The van der Waals surface area contributed by atoms with Gasteiger partial charge in [0, 0.05) is 0 Å². The topological polar surface area (TPSA) is 0 Å². The van der Waals surface area contributed by atoms with E-state index in [0.29, 0.717) is 5.92 Å². The van der Waals surface area contributed by atoms with Crippen LogP contribution >= 0.6 is 0 Å². The Hall–Kier alpha value is -3.02. The number of fused-ring (bicyclic) bond motifs is 3. The molecule has 0 nitrogen and oxygen atoms in total. The van der Waals surface area contributed by atoms with Crippen molar-refractivity contribution in [3.8, 4) is 0 Å². The Morgan fingerprint density at radius 1 is 0.667 bits per heavy atom. The number of benzene rings is 4. The van der Waals surface area contributed by atoms with Crippen LogP contribution in [0, 0.1) is 12.0 Å². The van der Waals surface area contributed by atoms with Gasteiger partial charge in [-0.05, 0) is 10.8 Å². The van der Waals surface area contributed by atoms with Crippen LogP contribution in [0.3, 0.4) is 0 Å². The van der Waals surface area contributed by atoms with Crippen molar-refractivity contribution in [2.45, 2.75) is 66.2 Å². The molecule has 0 radical (unpaired) electrons. The number of hydrogen-bond donors (Lipinski definition) is 0. The van der Waals surface area contributed by atoms with Gasteiger partial charge in [0.05, 0.1) is 0 Å². The predicted octanol–water partition coefficient (Wildman–Crippen LogP) is 11.1. The maximum atomic E-state index is 3.15. The second kappa shape index (κ2) is 13.5. The molecule has 1 aliphatic carbocycles. The van der Waals surface area contributed by atoms with Crippen LogP contribution in [0.4, 0.5) is 0 Å². The van der Waals surface area contributed by atoms with Crippen LogP contribution < -0.4 is 0 Å². The summed E-state index contributed by atoms with van der Waals surface area (Å²) < 4.78 is 1.42. The minimum atomic E-state index is 0.194. The molecule has 0 amide bonds. The zero-order valence-electron chi connectivity index (χ0n) is 26.5. The first-order chi connectivity index (χ1) is 19.8. The fraction of sp³-hybridized carbons (Fsp3) is 0.268. The SMILES string of the molecule is CC(C)(C)c1ccc2[cH-]c3ccc(C(C)(C)C)cc3c2c1.CC1=CC(C)[C-]=C1.[Zr+2]=[C](c1ccccc1)c1ccccc1. The molecule has 1 heteroatoms. The Balaban J connectivity index is 0.000000165. The third kappa shape index (κ3) is 8.29. The van der Waals surface area contributed by atoms with E-state index in [0.717, 1.165) is 0 Å². The van der Waals surface area contributed by atoms with Gasteiger partial charge >= 0.3 is 99.2 Å². The fourth-order valence-corrected chi connectivity index (χ4v) is 5.88. The zero-order chi connectivity index (χ0) is 30.5. The molecule has 5 aromatic carbocycles. The first-order valence-corrected chi connectivity index (χ1v) is 16.2. The van der Waals surface area contributed by atoms with Crippen LogP contribution in [0.2, 0.25) is 0 Å².